The van der Waals surface area contributed by atoms with Crippen molar-refractivity contribution in [3.05, 3.63) is 64.8 Å². The van der Waals surface area contributed by atoms with Crippen molar-refractivity contribution in [1.82, 2.24) is 29.6 Å². The molecule has 1 aliphatic heterocycles. The van der Waals surface area contributed by atoms with Crippen molar-refractivity contribution in [3.63, 3.8) is 0 Å². The van der Waals surface area contributed by atoms with Crippen LogP contribution in [0.15, 0.2) is 42.9 Å². The summed E-state index contributed by atoms with van der Waals surface area (Å²) in [5.41, 5.74) is 2.89. The summed E-state index contributed by atoms with van der Waals surface area (Å²) < 4.78 is 12.4. The maximum absolute atomic E-state index is 13.4. The molecule has 0 bridgehead atoms. The minimum atomic E-state index is -0.377. The fraction of sp³-hybridized carbons (Fsp3) is 0.250. The number of methoxy groups -OCH3 is 2. The van der Waals surface area contributed by atoms with E-state index in [2.05, 4.69) is 25.4 Å². The lowest BCUT2D eigenvalue weighted by Crippen LogP contribution is -2.36. The number of aryl methyl sites for hydroxylation is 1. The Balaban J connectivity index is 1.33. The highest BCUT2D eigenvalue weighted by atomic mass is 32.1. The zero-order valence-electron chi connectivity index (χ0n) is 19.9. The smallest absolute Gasteiger partial charge is 0.277 e. The predicted octanol–water partition coefficient (Wildman–Crippen LogP) is 2.80. The quantitative estimate of drug-likeness (QED) is 0.424. The first kappa shape index (κ1) is 23.4. The van der Waals surface area contributed by atoms with E-state index >= 15 is 0 Å². The van der Waals surface area contributed by atoms with Crippen LogP contribution in [0.3, 0.4) is 0 Å². The Morgan fingerprint density at radius 2 is 2.00 bits per heavy atom. The normalized spacial score (nSPS) is 12.7. The van der Waals surface area contributed by atoms with Gasteiger partial charge in [-0.15, -0.1) is 0 Å². The minimum Gasteiger partial charge on any atom is -0.497 e. The second kappa shape index (κ2) is 9.74. The van der Waals surface area contributed by atoms with E-state index in [4.69, 9.17) is 9.47 Å². The van der Waals surface area contributed by atoms with E-state index in [0.29, 0.717) is 47.5 Å². The van der Waals surface area contributed by atoms with Gasteiger partial charge in [-0.3, -0.25) is 24.6 Å². The van der Waals surface area contributed by atoms with E-state index in [1.165, 1.54) is 29.9 Å². The number of aromatic nitrogens is 5. The minimum absolute atomic E-state index is 0.137. The molecule has 0 atom stereocenters. The maximum Gasteiger partial charge on any atom is 0.277 e. The highest BCUT2D eigenvalue weighted by Gasteiger charge is 2.28. The summed E-state index contributed by atoms with van der Waals surface area (Å²) in [6.07, 6.45) is 4.95. The Bertz CT molecular complexity index is 1430. The molecule has 5 rings (SSSR count). The number of carbonyl (C=O) groups is 2. The molecule has 0 fully saturated rings. The number of amides is 2. The Labute approximate surface area is 210 Å². The van der Waals surface area contributed by atoms with E-state index in [1.54, 1.807) is 43.0 Å². The SMILES string of the molecule is COc1ccc(OC)c(-c2cc(C(=O)N3CCc4nc(NC(=O)c5cnccn5)sc4C3)n(C)n2)c1. The van der Waals surface area contributed by atoms with Crippen LogP contribution in [0.2, 0.25) is 0 Å². The zero-order chi connectivity index (χ0) is 25.2. The Kier molecular flexibility index (Phi) is 6.34. The number of hydrogen-bond donors (Lipinski definition) is 1. The van der Waals surface area contributed by atoms with Gasteiger partial charge in [-0.2, -0.15) is 5.10 Å². The highest BCUT2D eigenvalue weighted by molar-refractivity contribution is 7.15. The fourth-order valence-electron chi connectivity index (χ4n) is 3.98. The van der Waals surface area contributed by atoms with E-state index in [1.807, 2.05) is 12.1 Å². The van der Waals surface area contributed by atoms with Gasteiger partial charge in [0, 0.05) is 42.8 Å². The van der Waals surface area contributed by atoms with Crippen molar-refractivity contribution >= 4 is 28.3 Å². The summed E-state index contributed by atoms with van der Waals surface area (Å²) in [7, 11) is 4.92. The molecule has 0 aliphatic carbocycles. The first-order chi connectivity index (χ1) is 17.5. The molecule has 0 spiro atoms. The van der Waals surface area contributed by atoms with Gasteiger partial charge in [-0.25, -0.2) is 9.97 Å². The standard InChI is InChI=1S/C24H23N7O4S/c1-30-19(11-17(29-30)15-10-14(34-2)4-5-20(15)35-3)23(33)31-9-6-16-21(13-31)36-24(27-16)28-22(32)18-12-25-7-8-26-18/h4-5,7-8,10-12H,6,9,13H2,1-3H3,(H,27,28,32). The summed E-state index contributed by atoms with van der Waals surface area (Å²) in [5, 5.41) is 7.79. The van der Waals surface area contributed by atoms with Gasteiger partial charge in [0.15, 0.2) is 5.13 Å². The molecule has 0 unspecified atom stereocenters. The second-order valence-corrected chi connectivity index (χ2v) is 9.10. The molecule has 0 radical (unpaired) electrons. The number of anilines is 1. The van der Waals surface area contributed by atoms with Crippen LogP contribution < -0.4 is 14.8 Å². The number of benzene rings is 1. The molecule has 1 aliphatic rings. The number of hydrogen-bond acceptors (Lipinski definition) is 9. The van der Waals surface area contributed by atoms with Crippen LogP contribution >= 0.6 is 11.3 Å². The first-order valence-corrected chi connectivity index (χ1v) is 11.9. The average Bonchev–Trinajstić information content (AvgIpc) is 3.50. The van der Waals surface area contributed by atoms with E-state index < -0.39 is 0 Å². The zero-order valence-corrected chi connectivity index (χ0v) is 20.7. The van der Waals surface area contributed by atoms with Crippen LogP contribution in [-0.2, 0) is 20.0 Å². The number of carbonyl (C=O) groups excluding carboxylic acids is 2. The number of rotatable bonds is 6. The van der Waals surface area contributed by atoms with Crippen LogP contribution in [0.5, 0.6) is 11.5 Å². The number of nitrogens with one attached hydrogen (secondary N) is 1. The molecule has 1 N–H and O–H groups in total. The molecule has 4 heterocycles. The molecule has 3 aromatic heterocycles. The Morgan fingerprint density at radius 1 is 1.14 bits per heavy atom. The van der Waals surface area contributed by atoms with Crippen LogP contribution in [0, 0.1) is 0 Å². The largest absolute Gasteiger partial charge is 0.497 e. The van der Waals surface area contributed by atoms with E-state index in [-0.39, 0.29) is 17.5 Å². The van der Waals surface area contributed by atoms with Crippen molar-refractivity contribution in [3.8, 4) is 22.8 Å². The molecular weight excluding hydrogens is 482 g/mol. The van der Waals surface area contributed by atoms with Crippen LogP contribution in [0.25, 0.3) is 11.3 Å². The number of nitrogens with zero attached hydrogens (tertiary/aromatic N) is 6. The first-order valence-electron chi connectivity index (χ1n) is 11.1. The molecule has 11 nitrogen and oxygen atoms in total. The van der Waals surface area contributed by atoms with Crippen LogP contribution in [0.1, 0.15) is 31.5 Å². The summed E-state index contributed by atoms with van der Waals surface area (Å²) in [6, 6.07) is 7.20. The molecule has 4 aromatic rings. The predicted molar refractivity (Wildman–Crippen MR) is 132 cm³/mol. The van der Waals surface area contributed by atoms with Gasteiger partial charge in [0.25, 0.3) is 11.8 Å². The summed E-state index contributed by atoms with van der Waals surface area (Å²) in [6.45, 7) is 0.909. The fourth-order valence-corrected chi connectivity index (χ4v) is 4.99. The van der Waals surface area contributed by atoms with Gasteiger partial charge in [-0.1, -0.05) is 11.3 Å². The lowest BCUT2D eigenvalue weighted by molar-refractivity contribution is 0.0725. The second-order valence-electron chi connectivity index (χ2n) is 8.02. The molecule has 12 heteroatoms. The number of thiazole rings is 1. The Morgan fingerprint density at radius 3 is 2.75 bits per heavy atom. The van der Waals surface area contributed by atoms with Crippen LogP contribution in [-0.4, -0.2) is 62.2 Å². The van der Waals surface area contributed by atoms with Gasteiger partial charge in [0.2, 0.25) is 0 Å². The van der Waals surface area contributed by atoms with Crippen molar-refractivity contribution in [2.24, 2.45) is 7.05 Å². The summed E-state index contributed by atoms with van der Waals surface area (Å²) in [4.78, 5) is 41.0. The lowest BCUT2D eigenvalue weighted by atomic mass is 10.1. The van der Waals surface area contributed by atoms with Crippen molar-refractivity contribution in [2.75, 3.05) is 26.1 Å². The third-order valence-electron chi connectivity index (χ3n) is 5.82. The lowest BCUT2D eigenvalue weighted by Gasteiger charge is -2.25. The summed E-state index contributed by atoms with van der Waals surface area (Å²) in [5.74, 6) is 0.788. The van der Waals surface area contributed by atoms with E-state index in [9.17, 15) is 9.59 Å². The Hall–Kier alpha value is -4.32. The van der Waals surface area contributed by atoms with Gasteiger partial charge >= 0.3 is 0 Å². The molecule has 0 saturated heterocycles. The molecular formula is C24H23N7O4S. The van der Waals surface area contributed by atoms with E-state index in [0.717, 1.165) is 16.1 Å². The maximum atomic E-state index is 13.4. The van der Waals surface area contributed by atoms with Crippen molar-refractivity contribution in [1.29, 1.82) is 0 Å². The topological polar surface area (TPSA) is 124 Å². The molecule has 2 amide bonds. The van der Waals surface area contributed by atoms with Gasteiger partial charge in [-0.05, 0) is 24.3 Å². The third-order valence-corrected chi connectivity index (χ3v) is 6.81. The van der Waals surface area contributed by atoms with Gasteiger partial charge in [0.05, 0.1) is 38.3 Å². The number of ether oxygens (including phenoxy) is 2. The molecule has 184 valence electrons. The van der Waals surface area contributed by atoms with Crippen molar-refractivity contribution in [2.45, 2.75) is 13.0 Å². The van der Waals surface area contributed by atoms with Gasteiger partial charge in [0.1, 0.15) is 22.9 Å². The molecule has 1 aromatic carbocycles. The molecule has 0 saturated carbocycles. The highest BCUT2D eigenvalue weighted by Crippen LogP contribution is 2.34. The van der Waals surface area contributed by atoms with Gasteiger partial charge < -0.3 is 14.4 Å². The number of fused-ring (bicyclic) bond motifs is 1. The average molecular weight is 506 g/mol. The van der Waals surface area contributed by atoms with Crippen molar-refractivity contribution < 1.29 is 19.1 Å². The molecule has 36 heavy (non-hydrogen) atoms. The monoisotopic (exact) mass is 505 g/mol. The van der Waals surface area contributed by atoms with Crippen LogP contribution in [0.4, 0.5) is 5.13 Å². The third kappa shape index (κ3) is 4.50. The summed E-state index contributed by atoms with van der Waals surface area (Å²) >= 11 is 1.35.